The summed E-state index contributed by atoms with van der Waals surface area (Å²) in [4.78, 5) is 38.0. The number of ketones is 2. The normalized spacial score (nSPS) is 46.3. The molecule has 0 radical (unpaired) electrons. The predicted octanol–water partition coefficient (Wildman–Crippen LogP) is 3.10. The second-order valence-electron chi connectivity index (χ2n) is 11.3. The largest absolute Gasteiger partial charge is 0.450 e. The van der Waals surface area contributed by atoms with Gasteiger partial charge < -0.3 is 14.9 Å². The summed E-state index contributed by atoms with van der Waals surface area (Å²) in [6.07, 6.45) is 4.30. The summed E-state index contributed by atoms with van der Waals surface area (Å²) in [5.41, 5.74) is -5.15. The van der Waals surface area contributed by atoms with Crippen LogP contribution in [0, 0.1) is 34.5 Å². The highest BCUT2D eigenvalue weighted by Crippen LogP contribution is 2.71. The quantitative estimate of drug-likeness (QED) is 0.623. The Morgan fingerprint density at radius 2 is 1.94 bits per heavy atom. The summed E-state index contributed by atoms with van der Waals surface area (Å²) in [6.45, 7) is 7.91. The smallest absolute Gasteiger partial charge is 0.309 e. The van der Waals surface area contributed by atoms with Crippen LogP contribution >= 0.6 is 0 Å². The molecule has 0 saturated heterocycles. The van der Waals surface area contributed by atoms with Gasteiger partial charge in [-0.25, -0.2) is 4.39 Å². The Labute approximate surface area is 194 Å². The molecule has 0 aromatic carbocycles. The number of esters is 1. The van der Waals surface area contributed by atoms with E-state index in [1.165, 1.54) is 12.2 Å². The zero-order chi connectivity index (χ0) is 24.6. The summed E-state index contributed by atoms with van der Waals surface area (Å²) in [5.74, 6) is -3.20. The Kier molecular flexibility index (Phi) is 5.57. The third-order valence-corrected chi connectivity index (χ3v) is 9.47. The predicted molar refractivity (Wildman–Crippen MR) is 119 cm³/mol. The van der Waals surface area contributed by atoms with Gasteiger partial charge in [-0.2, -0.15) is 0 Å². The summed E-state index contributed by atoms with van der Waals surface area (Å²) < 4.78 is 23.2. The highest BCUT2D eigenvalue weighted by molar-refractivity contribution is 6.01. The lowest BCUT2D eigenvalue weighted by Crippen LogP contribution is -2.70. The van der Waals surface area contributed by atoms with Crippen molar-refractivity contribution in [1.82, 2.24) is 0 Å². The Morgan fingerprint density at radius 1 is 1.27 bits per heavy atom. The SMILES string of the molecule is CC(C)C(=O)O[C@]1(C(=O)CO)C(C)CC2C3CCC4=CC(=O)C=CC4(C)[C@@]3(F)C(O)CC21C. The van der Waals surface area contributed by atoms with Crippen molar-refractivity contribution in [2.45, 2.75) is 77.7 Å². The number of carbonyl (C=O) groups excluding carboxylic acids is 3. The van der Waals surface area contributed by atoms with Gasteiger partial charge in [-0.05, 0) is 50.7 Å². The number of Topliss-reactive ketones (excluding diaryl/α,β-unsaturated/α-hetero) is 1. The maximum absolute atomic E-state index is 17.2. The van der Waals surface area contributed by atoms with Crippen LogP contribution in [-0.2, 0) is 19.1 Å². The molecular weight excluding hydrogens is 427 g/mol. The first kappa shape index (κ1) is 24.3. The number of ether oxygens (including phenoxy) is 1. The van der Waals surface area contributed by atoms with E-state index in [1.807, 2.05) is 6.92 Å². The third kappa shape index (κ3) is 2.87. The molecule has 0 spiro atoms. The van der Waals surface area contributed by atoms with Crippen LogP contribution < -0.4 is 0 Å². The van der Waals surface area contributed by atoms with E-state index in [1.54, 1.807) is 33.8 Å². The maximum Gasteiger partial charge on any atom is 0.309 e. The molecule has 0 bridgehead atoms. The fourth-order valence-electron chi connectivity index (χ4n) is 7.79. The number of hydrogen-bond donors (Lipinski definition) is 2. The standard InChI is InChI=1S/C26H35FO6/c1-14(2)22(32)33-26(21(31)13-28)15(3)10-19-18-7-6-16-11-17(29)8-9-23(16,4)25(18,27)20(30)12-24(19,26)5/h8-9,11,14-15,18-20,28,30H,6-7,10,12-13H2,1-5H3/t15?,18?,19?,20?,23?,24?,25-,26-/m0/s1. The van der Waals surface area contributed by atoms with Gasteiger partial charge in [0.1, 0.15) is 6.61 Å². The molecule has 3 saturated carbocycles. The van der Waals surface area contributed by atoms with Crippen molar-refractivity contribution in [3.05, 3.63) is 23.8 Å². The monoisotopic (exact) mass is 462 g/mol. The van der Waals surface area contributed by atoms with Gasteiger partial charge in [0.15, 0.2) is 17.1 Å². The van der Waals surface area contributed by atoms with Crippen LogP contribution in [0.4, 0.5) is 4.39 Å². The molecule has 0 aromatic heterocycles. The van der Waals surface area contributed by atoms with Crippen LogP contribution in [0.5, 0.6) is 0 Å². The lowest BCUT2D eigenvalue weighted by molar-refractivity contribution is -0.229. The molecule has 182 valence electrons. The number of fused-ring (bicyclic) bond motifs is 5. The molecule has 33 heavy (non-hydrogen) atoms. The van der Waals surface area contributed by atoms with Gasteiger partial charge in [0.05, 0.1) is 12.0 Å². The lowest BCUT2D eigenvalue weighted by Gasteiger charge is -2.62. The summed E-state index contributed by atoms with van der Waals surface area (Å²) in [5, 5.41) is 21.3. The Bertz CT molecular complexity index is 954. The van der Waals surface area contributed by atoms with Gasteiger partial charge >= 0.3 is 5.97 Å². The van der Waals surface area contributed by atoms with Crippen LogP contribution in [-0.4, -0.2) is 51.7 Å². The summed E-state index contributed by atoms with van der Waals surface area (Å²) in [6, 6.07) is 0. The summed E-state index contributed by atoms with van der Waals surface area (Å²) in [7, 11) is 0. The lowest BCUT2D eigenvalue weighted by atomic mass is 9.44. The van der Waals surface area contributed by atoms with E-state index in [-0.39, 0.29) is 18.1 Å². The molecule has 0 heterocycles. The van der Waals surface area contributed by atoms with Gasteiger partial charge in [-0.1, -0.05) is 39.3 Å². The molecule has 0 aromatic rings. The van der Waals surface area contributed by atoms with E-state index in [9.17, 15) is 24.6 Å². The van der Waals surface area contributed by atoms with Gasteiger partial charge in [-0.15, -0.1) is 0 Å². The van der Waals surface area contributed by atoms with Crippen molar-refractivity contribution in [2.75, 3.05) is 6.61 Å². The molecule has 0 aliphatic heterocycles. The average molecular weight is 463 g/mol. The van der Waals surface area contributed by atoms with Crippen molar-refractivity contribution in [1.29, 1.82) is 0 Å². The Morgan fingerprint density at radius 3 is 2.55 bits per heavy atom. The fourth-order valence-corrected chi connectivity index (χ4v) is 7.79. The number of aliphatic hydroxyl groups excluding tert-OH is 2. The Hall–Kier alpha value is -1.86. The number of allylic oxidation sites excluding steroid dienone is 4. The molecule has 7 heteroatoms. The highest BCUT2D eigenvalue weighted by atomic mass is 19.1. The number of aliphatic hydroxyl groups is 2. The molecule has 8 atom stereocenters. The van der Waals surface area contributed by atoms with Gasteiger partial charge in [0, 0.05) is 22.7 Å². The van der Waals surface area contributed by atoms with Crippen molar-refractivity contribution < 1.29 is 33.7 Å². The first-order valence-corrected chi connectivity index (χ1v) is 12.0. The highest BCUT2D eigenvalue weighted by Gasteiger charge is 2.77. The zero-order valence-electron chi connectivity index (χ0n) is 20.1. The topological polar surface area (TPSA) is 101 Å². The molecular formula is C26H35FO6. The first-order chi connectivity index (χ1) is 15.3. The minimum absolute atomic E-state index is 0.0865. The second-order valence-corrected chi connectivity index (χ2v) is 11.3. The number of hydrogen-bond acceptors (Lipinski definition) is 6. The van der Waals surface area contributed by atoms with E-state index in [0.29, 0.717) is 24.8 Å². The van der Waals surface area contributed by atoms with E-state index < -0.39 is 64.3 Å². The molecule has 4 aliphatic rings. The van der Waals surface area contributed by atoms with Crippen LogP contribution in [0.15, 0.2) is 23.8 Å². The molecule has 3 fully saturated rings. The van der Waals surface area contributed by atoms with Gasteiger partial charge in [0.2, 0.25) is 5.78 Å². The minimum atomic E-state index is -2.03. The molecule has 4 rings (SSSR count). The molecule has 4 aliphatic carbocycles. The molecule has 6 nitrogen and oxygen atoms in total. The number of rotatable bonds is 4. The van der Waals surface area contributed by atoms with Crippen molar-refractivity contribution in [2.24, 2.45) is 34.5 Å². The van der Waals surface area contributed by atoms with Crippen molar-refractivity contribution in [3.8, 4) is 0 Å². The van der Waals surface area contributed by atoms with E-state index in [0.717, 1.165) is 0 Å². The van der Waals surface area contributed by atoms with Crippen LogP contribution in [0.2, 0.25) is 0 Å². The zero-order valence-corrected chi connectivity index (χ0v) is 20.1. The molecule has 0 amide bonds. The summed E-state index contributed by atoms with van der Waals surface area (Å²) >= 11 is 0. The van der Waals surface area contributed by atoms with Crippen molar-refractivity contribution in [3.63, 3.8) is 0 Å². The van der Waals surface area contributed by atoms with Crippen LogP contribution in [0.1, 0.15) is 60.3 Å². The Balaban J connectivity index is 1.85. The molecule has 2 N–H and O–H groups in total. The molecule has 6 unspecified atom stereocenters. The second kappa shape index (κ2) is 7.57. The van der Waals surface area contributed by atoms with E-state index >= 15 is 4.39 Å². The van der Waals surface area contributed by atoms with E-state index in [2.05, 4.69) is 0 Å². The number of carbonyl (C=O) groups is 3. The third-order valence-electron chi connectivity index (χ3n) is 9.47. The van der Waals surface area contributed by atoms with Gasteiger partial charge in [0.25, 0.3) is 0 Å². The maximum atomic E-state index is 17.2. The van der Waals surface area contributed by atoms with Gasteiger partial charge in [-0.3, -0.25) is 14.4 Å². The number of alkyl halides is 1. The first-order valence-electron chi connectivity index (χ1n) is 12.0. The average Bonchev–Trinajstić information content (AvgIpc) is 2.96. The van der Waals surface area contributed by atoms with Crippen molar-refractivity contribution >= 4 is 17.5 Å². The van der Waals surface area contributed by atoms with Crippen LogP contribution in [0.25, 0.3) is 0 Å². The van der Waals surface area contributed by atoms with Crippen LogP contribution in [0.3, 0.4) is 0 Å². The van der Waals surface area contributed by atoms with E-state index in [4.69, 9.17) is 4.74 Å². The fraction of sp³-hybridized carbons (Fsp3) is 0.731. The number of halogens is 1. The minimum Gasteiger partial charge on any atom is -0.450 e.